The van der Waals surface area contributed by atoms with Crippen molar-refractivity contribution in [2.45, 2.75) is 38.8 Å². The van der Waals surface area contributed by atoms with E-state index in [-0.39, 0.29) is 5.82 Å². The highest BCUT2D eigenvalue weighted by molar-refractivity contribution is 5.50. The first kappa shape index (κ1) is 11.4. The number of nitrogens with two attached hydrogens (primary N) is 1. The third kappa shape index (κ3) is 2.19. The lowest BCUT2D eigenvalue weighted by Crippen LogP contribution is -2.28. The first-order chi connectivity index (χ1) is 7.74. The van der Waals surface area contributed by atoms with Crippen molar-refractivity contribution in [2.75, 3.05) is 11.4 Å². The number of hydrogen-bond donors (Lipinski definition) is 1. The maximum absolute atomic E-state index is 13.4. The molecule has 1 fully saturated rings. The Morgan fingerprint density at radius 2 is 2.25 bits per heavy atom. The Morgan fingerprint density at radius 3 is 2.94 bits per heavy atom. The van der Waals surface area contributed by atoms with E-state index in [1.54, 1.807) is 6.07 Å². The van der Waals surface area contributed by atoms with Crippen LogP contribution in [0.5, 0.6) is 0 Å². The van der Waals surface area contributed by atoms with E-state index in [1.165, 1.54) is 18.9 Å². The molecule has 2 N–H and O–H groups in total. The van der Waals surface area contributed by atoms with E-state index in [1.807, 2.05) is 6.07 Å². The van der Waals surface area contributed by atoms with E-state index in [0.717, 1.165) is 24.2 Å². The number of benzene rings is 1. The van der Waals surface area contributed by atoms with Crippen molar-refractivity contribution in [3.8, 4) is 0 Å². The molecule has 0 saturated carbocycles. The third-order valence-corrected chi connectivity index (χ3v) is 3.36. The van der Waals surface area contributed by atoms with Crippen molar-refractivity contribution >= 4 is 5.69 Å². The quantitative estimate of drug-likeness (QED) is 0.852. The summed E-state index contributed by atoms with van der Waals surface area (Å²) in [6, 6.07) is 5.71. The Kier molecular flexibility index (Phi) is 3.44. The highest BCUT2D eigenvalue weighted by Gasteiger charge is 2.23. The number of halogens is 1. The fourth-order valence-electron chi connectivity index (χ4n) is 2.52. The zero-order valence-corrected chi connectivity index (χ0v) is 9.75. The second-order valence-electron chi connectivity index (χ2n) is 4.42. The highest BCUT2D eigenvalue weighted by Crippen LogP contribution is 2.28. The molecule has 0 bridgehead atoms. The fraction of sp³-hybridized carbons (Fsp3) is 0.538. The van der Waals surface area contributed by atoms with Crippen molar-refractivity contribution in [3.63, 3.8) is 0 Å². The van der Waals surface area contributed by atoms with Crippen LogP contribution in [0.4, 0.5) is 10.1 Å². The SMILES string of the molecule is CCC1CCCN1c1cc(F)cc(CN)c1. The minimum Gasteiger partial charge on any atom is -0.368 e. The summed E-state index contributed by atoms with van der Waals surface area (Å²) in [6.07, 6.45) is 3.53. The van der Waals surface area contributed by atoms with E-state index in [4.69, 9.17) is 5.73 Å². The maximum atomic E-state index is 13.4. The monoisotopic (exact) mass is 222 g/mol. The molecule has 2 nitrogen and oxygen atoms in total. The Morgan fingerprint density at radius 1 is 1.44 bits per heavy atom. The van der Waals surface area contributed by atoms with Crippen molar-refractivity contribution in [1.29, 1.82) is 0 Å². The lowest BCUT2D eigenvalue weighted by atomic mass is 10.1. The molecule has 0 spiro atoms. The van der Waals surface area contributed by atoms with Gasteiger partial charge < -0.3 is 10.6 Å². The standard InChI is InChI=1S/C13H19FN2/c1-2-12-4-3-5-16(12)13-7-10(9-15)6-11(14)8-13/h6-8,12H,2-5,9,15H2,1H3. The summed E-state index contributed by atoms with van der Waals surface area (Å²) in [4.78, 5) is 2.31. The molecule has 1 heterocycles. The Bertz CT molecular complexity index is 365. The van der Waals surface area contributed by atoms with Crippen LogP contribution in [0.2, 0.25) is 0 Å². The van der Waals surface area contributed by atoms with Gasteiger partial charge in [0.05, 0.1) is 0 Å². The van der Waals surface area contributed by atoms with Crippen molar-refractivity contribution in [1.82, 2.24) is 0 Å². The minimum absolute atomic E-state index is 0.181. The normalized spacial score (nSPS) is 20.4. The smallest absolute Gasteiger partial charge is 0.125 e. The Hall–Kier alpha value is -1.09. The molecule has 0 aromatic heterocycles. The van der Waals surface area contributed by atoms with Crippen LogP contribution in [0.1, 0.15) is 31.7 Å². The van der Waals surface area contributed by atoms with E-state index in [9.17, 15) is 4.39 Å². The van der Waals surface area contributed by atoms with Gasteiger partial charge in [-0.25, -0.2) is 4.39 Å². The molecule has 16 heavy (non-hydrogen) atoms. The molecule has 0 radical (unpaired) electrons. The van der Waals surface area contributed by atoms with Crippen molar-refractivity contribution in [2.24, 2.45) is 5.73 Å². The van der Waals surface area contributed by atoms with Crippen LogP contribution >= 0.6 is 0 Å². The molecule has 1 unspecified atom stereocenters. The summed E-state index contributed by atoms with van der Waals surface area (Å²) >= 11 is 0. The predicted octanol–water partition coefficient (Wildman–Crippen LogP) is 2.66. The number of rotatable bonds is 3. The molecule has 0 amide bonds. The number of hydrogen-bond acceptors (Lipinski definition) is 2. The van der Waals surface area contributed by atoms with Gasteiger partial charge in [-0.05, 0) is 43.0 Å². The van der Waals surface area contributed by atoms with Gasteiger partial charge in [-0.2, -0.15) is 0 Å². The molecule has 2 rings (SSSR count). The minimum atomic E-state index is -0.181. The van der Waals surface area contributed by atoms with Crippen molar-refractivity contribution in [3.05, 3.63) is 29.6 Å². The van der Waals surface area contributed by atoms with E-state index in [0.29, 0.717) is 12.6 Å². The molecule has 1 aromatic carbocycles. The summed E-state index contributed by atoms with van der Waals surface area (Å²) in [5.74, 6) is -0.181. The molecule has 0 aliphatic carbocycles. The second-order valence-corrected chi connectivity index (χ2v) is 4.42. The summed E-state index contributed by atoms with van der Waals surface area (Å²) in [7, 11) is 0. The lowest BCUT2D eigenvalue weighted by Gasteiger charge is -2.26. The van der Waals surface area contributed by atoms with Crippen LogP contribution < -0.4 is 10.6 Å². The first-order valence-electron chi connectivity index (χ1n) is 6.00. The molecule has 1 aromatic rings. The van der Waals surface area contributed by atoms with Gasteiger partial charge >= 0.3 is 0 Å². The molecule has 1 saturated heterocycles. The lowest BCUT2D eigenvalue weighted by molar-refractivity contribution is 0.617. The summed E-state index contributed by atoms with van der Waals surface area (Å²) in [5, 5.41) is 0. The number of anilines is 1. The molecule has 1 aliphatic heterocycles. The highest BCUT2D eigenvalue weighted by atomic mass is 19.1. The van der Waals surface area contributed by atoms with Gasteiger partial charge in [-0.15, -0.1) is 0 Å². The van der Waals surface area contributed by atoms with Crippen LogP contribution in [-0.4, -0.2) is 12.6 Å². The third-order valence-electron chi connectivity index (χ3n) is 3.36. The van der Waals surface area contributed by atoms with E-state index >= 15 is 0 Å². The topological polar surface area (TPSA) is 29.3 Å². The average Bonchev–Trinajstić information content (AvgIpc) is 2.76. The average molecular weight is 222 g/mol. The van der Waals surface area contributed by atoms with Gasteiger partial charge in [0.15, 0.2) is 0 Å². The van der Waals surface area contributed by atoms with Gasteiger partial charge in [0, 0.05) is 24.8 Å². The van der Waals surface area contributed by atoms with Crippen LogP contribution in [0.3, 0.4) is 0 Å². The zero-order valence-electron chi connectivity index (χ0n) is 9.75. The van der Waals surface area contributed by atoms with Crippen LogP contribution in [0, 0.1) is 5.82 Å². The Labute approximate surface area is 96.2 Å². The second kappa shape index (κ2) is 4.83. The summed E-state index contributed by atoms with van der Waals surface area (Å²) in [6.45, 7) is 3.62. The zero-order chi connectivity index (χ0) is 11.5. The first-order valence-corrected chi connectivity index (χ1v) is 6.00. The van der Waals surface area contributed by atoms with Gasteiger partial charge in [0.1, 0.15) is 5.82 Å². The molecule has 1 aliphatic rings. The van der Waals surface area contributed by atoms with Gasteiger partial charge in [0.2, 0.25) is 0 Å². The molecule has 1 atom stereocenters. The fourth-order valence-corrected chi connectivity index (χ4v) is 2.52. The van der Waals surface area contributed by atoms with E-state index in [2.05, 4.69) is 11.8 Å². The van der Waals surface area contributed by atoms with Gasteiger partial charge in [0.25, 0.3) is 0 Å². The molecular weight excluding hydrogens is 203 g/mol. The predicted molar refractivity (Wildman–Crippen MR) is 65.0 cm³/mol. The van der Waals surface area contributed by atoms with Gasteiger partial charge in [-0.1, -0.05) is 6.92 Å². The summed E-state index contributed by atoms with van der Waals surface area (Å²) in [5.41, 5.74) is 7.43. The van der Waals surface area contributed by atoms with Crippen molar-refractivity contribution < 1.29 is 4.39 Å². The van der Waals surface area contributed by atoms with Crippen LogP contribution in [0.25, 0.3) is 0 Å². The summed E-state index contributed by atoms with van der Waals surface area (Å²) < 4.78 is 13.4. The van der Waals surface area contributed by atoms with Gasteiger partial charge in [-0.3, -0.25) is 0 Å². The van der Waals surface area contributed by atoms with E-state index < -0.39 is 0 Å². The van der Waals surface area contributed by atoms with Crippen LogP contribution in [-0.2, 0) is 6.54 Å². The largest absolute Gasteiger partial charge is 0.368 e. The molecule has 88 valence electrons. The molecular formula is C13H19FN2. The molecule has 3 heteroatoms. The maximum Gasteiger partial charge on any atom is 0.125 e. The van der Waals surface area contributed by atoms with Crippen LogP contribution in [0.15, 0.2) is 18.2 Å². The Balaban J connectivity index is 2.28. The number of nitrogens with zero attached hydrogens (tertiary/aromatic N) is 1.